The maximum atomic E-state index is 5.99. The van der Waals surface area contributed by atoms with E-state index in [1.54, 1.807) is 0 Å². The van der Waals surface area contributed by atoms with Gasteiger partial charge in [-0.2, -0.15) is 0 Å². The highest BCUT2D eigenvalue weighted by molar-refractivity contribution is 5.96. The van der Waals surface area contributed by atoms with Gasteiger partial charge in [0, 0.05) is 51.2 Å². The molecule has 0 aliphatic heterocycles. The van der Waals surface area contributed by atoms with E-state index < -0.39 is 0 Å². The highest BCUT2D eigenvalue weighted by Gasteiger charge is 2.36. The summed E-state index contributed by atoms with van der Waals surface area (Å²) in [5.41, 5.74) is 18.3. The predicted molar refractivity (Wildman–Crippen MR) is 234 cm³/mol. The van der Waals surface area contributed by atoms with Crippen molar-refractivity contribution in [1.82, 2.24) is 4.57 Å². The van der Waals surface area contributed by atoms with Crippen LogP contribution in [-0.2, 0) is 11.8 Å². The minimum atomic E-state index is -0.177. The maximum absolute atomic E-state index is 5.99. The molecule has 7 aromatic rings. The van der Waals surface area contributed by atoms with Crippen LogP contribution in [0.2, 0.25) is 0 Å². The zero-order valence-corrected chi connectivity index (χ0v) is 31.8. The minimum Gasteiger partial charge on any atom is -0.315 e. The molecule has 0 saturated heterocycles. The molecule has 0 atom stereocenters. The van der Waals surface area contributed by atoms with Crippen LogP contribution in [-0.4, -0.2) is 4.57 Å². The molecule has 55 heavy (non-hydrogen) atoms. The Morgan fingerprint density at radius 2 is 1.33 bits per heavy atom. The summed E-state index contributed by atoms with van der Waals surface area (Å²) in [4.78, 5) is 2.38. The van der Waals surface area contributed by atoms with Crippen molar-refractivity contribution in [2.45, 2.75) is 45.4 Å². The first-order valence-electron chi connectivity index (χ1n) is 19.3. The second-order valence-electron chi connectivity index (χ2n) is 15.2. The van der Waals surface area contributed by atoms with E-state index in [4.69, 9.17) is 6.42 Å². The first kappa shape index (κ1) is 34.2. The summed E-state index contributed by atoms with van der Waals surface area (Å²) >= 11 is 0. The fraction of sp³-hybridized carbons (Fsp3) is 0.132. The third-order valence-corrected chi connectivity index (χ3v) is 11.6. The van der Waals surface area contributed by atoms with Crippen LogP contribution in [0.4, 0.5) is 11.4 Å². The van der Waals surface area contributed by atoms with E-state index in [0.29, 0.717) is 6.42 Å². The molecule has 6 aromatic carbocycles. The van der Waals surface area contributed by atoms with E-state index >= 15 is 0 Å². The Bertz CT molecular complexity index is 2680. The Morgan fingerprint density at radius 3 is 2.02 bits per heavy atom. The molecule has 1 aromatic heterocycles. The van der Waals surface area contributed by atoms with Crippen molar-refractivity contribution in [2.24, 2.45) is 0 Å². The summed E-state index contributed by atoms with van der Waals surface area (Å²) in [6, 6.07) is 55.0. The van der Waals surface area contributed by atoms with Gasteiger partial charge in [0.15, 0.2) is 0 Å². The average molecular weight is 709 g/mol. The van der Waals surface area contributed by atoms with Crippen LogP contribution in [0.5, 0.6) is 0 Å². The van der Waals surface area contributed by atoms with E-state index in [9.17, 15) is 0 Å². The number of fused-ring (bicyclic) bond motifs is 4. The number of benzene rings is 6. The minimum absolute atomic E-state index is 0.177. The van der Waals surface area contributed by atoms with Crippen LogP contribution in [0.25, 0.3) is 50.5 Å². The summed E-state index contributed by atoms with van der Waals surface area (Å²) in [7, 11) is 0. The number of rotatable bonds is 8. The Hall–Kier alpha value is -6.56. The molecule has 2 aliphatic rings. The van der Waals surface area contributed by atoms with E-state index in [2.05, 4.69) is 206 Å². The van der Waals surface area contributed by atoms with Crippen LogP contribution < -0.4 is 4.90 Å². The summed E-state index contributed by atoms with van der Waals surface area (Å²) in [6.07, 6.45) is 15.7. The number of para-hydroxylation sites is 1. The summed E-state index contributed by atoms with van der Waals surface area (Å²) in [5, 5.41) is 1.30. The maximum Gasteiger partial charge on any atom is 0.0538 e. The van der Waals surface area contributed by atoms with Crippen molar-refractivity contribution in [3.8, 4) is 40.3 Å². The van der Waals surface area contributed by atoms with Crippen molar-refractivity contribution >= 4 is 33.9 Å². The molecule has 9 rings (SSSR count). The van der Waals surface area contributed by atoms with E-state index in [1.165, 1.54) is 72.4 Å². The van der Waals surface area contributed by atoms with Crippen LogP contribution in [0.15, 0.2) is 175 Å². The van der Waals surface area contributed by atoms with Gasteiger partial charge in [-0.3, -0.25) is 0 Å². The predicted octanol–water partition coefficient (Wildman–Crippen LogP) is 13.7. The normalized spacial score (nSPS) is 14.5. The third-order valence-electron chi connectivity index (χ3n) is 11.6. The second-order valence-corrected chi connectivity index (χ2v) is 15.2. The fourth-order valence-electron chi connectivity index (χ4n) is 8.86. The lowest BCUT2D eigenvalue weighted by atomic mass is 9.80. The number of nitrogens with zero attached hydrogens (tertiary/aromatic N) is 2. The Labute approximate surface area is 325 Å². The smallest absolute Gasteiger partial charge is 0.0538 e. The average Bonchev–Trinajstić information content (AvgIpc) is 3.67. The number of allylic oxidation sites excluding steroid dienone is 5. The quantitative estimate of drug-likeness (QED) is 0.143. The highest BCUT2D eigenvalue weighted by atomic mass is 15.1. The lowest BCUT2D eigenvalue weighted by molar-refractivity contribution is 0.652. The number of terminal acetylenes is 1. The summed E-state index contributed by atoms with van der Waals surface area (Å²) in [5.74, 6) is 2.96. The topological polar surface area (TPSA) is 8.17 Å². The summed E-state index contributed by atoms with van der Waals surface area (Å²) in [6.45, 7) is 6.86. The van der Waals surface area contributed by atoms with E-state index in [1.807, 2.05) is 0 Å². The van der Waals surface area contributed by atoms with Gasteiger partial charge >= 0.3 is 0 Å². The third kappa shape index (κ3) is 6.03. The Morgan fingerprint density at radius 1 is 0.727 bits per heavy atom. The molecule has 1 heterocycles. The van der Waals surface area contributed by atoms with Gasteiger partial charge in [-0.15, -0.1) is 12.3 Å². The first-order chi connectivity index (χ1) is 26.9. The van der Waals surface area contributed by atoms with Crippen LogP contribution in [0.1, 0.15) is 56.0 Å². The van der Waals surface area contributed by atoms with Gasteiger partial charge in [0.25, 0.3) is 0 Å². The molecule has 0 radical (unpaired) electrons. The van der Waals surface area contributed by atoms with Crippen LogP contribution in [0.3, 0.4) is 0 Å². The zero-order chi connectivity index (χ0) is 37.5. The molecule has 0 amide bonds. The van der Waals surface area contributed by atoms with Gasteiger partial charge in [0.1, 0.15) is 0 Å². The lowest BCUT2D eigenvalue weighted by Crippen LogP contribution is -2.19. The molecular formula is C53H44N2. The molecule has 2 aliphatic carbocycles. The molecule has 2 nitrogen and oxygen atoms in total. The SMILES string of the molecule is C#CCC1=C(/C=C(\C)N(c2ccc(-c3ccccc3)cc2)c2ccc(-c3ccc4c(c3)c3c(n4-c4ccccc4)CCC=C3)cc2)C(C)(C)c2ccccc21. The number of aromatic nitrogens is 1. The number of anilines is 2. The molecule has 0 unspecified atom stereocenters. The monoisotopic (exact) mass is 708 g/mol. The molecule has 2 heteroatoms. The van der Waals surface area contributed by atoms with Crippen molar-refractivity contribution < 1.29 is 0 Å². The van der Waals surface area contributed by atoms with Crippen molar-refractivity contribution in [3.05, 3.63) is 197 Å². The first-order valence-corrected chi connectivity index (χ1v) is 19.3. The number of hydrogen-bond donors (Lipinski definition) is 0. The fourth-order valence-corrected chi connectivity index (χ4v) is 8.86. The van der Waals surface area contributed by atoms with Gasteiger partial charge < -0.3 is 9.47 Å². The Balaban J connectivity index is 1.13. The summed E-state index contributed by atoms with van der Waals surface area (Å²) < 4.78 is 2.45. The lowest BCUT2D eigenvalue weighted by Gasteiger charge is -2.29. The van der Waals surface area contributed by atoms with Crippen molar-refractivity contribution in [2.75, 3.05) is 4.90 Å². The van der Waals surface area contributed by atoms with E-state index in [0.717, 1.165) is 29.9 Å². The van der Waals surface area contributed by atoms with Crippen LogP contribution in [0, 0.1) is 12.3 Å². The van der Waals surface area contributed by atoms with Gasteiger partial charge in [0.2, 0.25) is 0 Å². The number of hydrogen-bond acceptors (Lipinski definition) is 1. The van der Waals surface area contributed by atoms with Gasteiger partial charge in [-0.1, -0.05) is 129 Å². The molecular weight excluding hydrogens is 665 g/mol. The Kier molecular flexibility index (Phi) is 8.72. The van der Waals surface area contributed by atoms with Gasteiger partial charge in [-0.25, -0.2) is 0 Å². The van der Waals surface area contributed by atoms with Crippen molar-refractivity contribution in [1.29, 1.82) is 0 Å². The van der Waals surface area contributed by atoms with Crippen molar-refractivity contribution in [3.63, 3.8) is 0 Å². The molecule has 0 bridgehead atoms. The molecule has 266 valence electrons. The highest BCUT2D eigenvalue weighted by Crippen LogP contribution is 2.49. The second kappa shape index (κ2) is 14.0. The molecule has 0 N–H and O–H groups in total. The molecule has 0 fully saturated rings. The molecule has 0 saturated carbocycles. The molecule has 0 spiro atoms. The largest absolute Gasteiger partial charge is 0.315 e. The zero-order valence-electron chi connectivity index (χ0n) is 31.8. The van der Waals surface area contributed by atoms with E-state index in [-0.39, 0.29) is 5.41 Å². The van der Waals surface area contributed by atoms with Gasteiger partial charge in [-0.05, 0) is 119 Å². The van der Waals surface area contributed by atoms with Gasteiger partial charge in [0.05, 0.1) is 5.52 Å². The standard InChI is InChI=1S/C53H44N2/c1-5-16-45-46-21-12-14-23-49(46)53(3,4)50(45)35-37(2)54(43-30-25-39(26-31-43)38-17-8-6-9-18-38)44-32-27-40(28-33-44)41-29-34-52-48(36-41)47-22-13-15-24-51(47)55(52)42-19-10-7-11-20-42/h1,6-14,17-23,25-36H,15-16,24H2,2-4H3/b37-35+. The van der Waals surface area contributed by atoms with Crippen LogP contribution >= 0.6 is 0 Å².